The van der Waals surface area contributed by atoms with Crippen LogP contribution in [0.1, 0.15) is 38.5 Å². The summed E-state index contributed by atoms with van der Waals surface area (Å²) in [5, 5.41) is 6.49. The summed E-state index contributed by atoms with van der Waals surface area (Å²) >= 11 is 0. The number of nitrogens with one attached hydrogen (secondary N) is 2. The summed E-state index contributed by atoms with van der Waals surface area (Å²) in [7, 11) is 0. The predicted molar refractivity (Wildman–Crippen MR) is 67.3 cm³/mol. The topological polar surface area (TPSA) is 50.4 Å². The Labute approximate surface area is 108 Å². The van der Waals surface area contributed by atoms with Crippen molar-refractivity contribution in [3.8, 4) is 0 Å². The fourth-order valence-electron chi connectivity index (χ4n) is 3.21. The van der Waals surface area contributed by atoms with E-state index in [0.717, 1.165) is 25.8 Å². The standard InChI is InChI=1S/C12H20N2O2.ClH/c15-12(6-8-2-1-5-13-8)14-10-7-9-3-4-11(10)16-9;/h8-11,13H,1-7H2,(H,14,15);1H. The minimum absolute atomic E-state index is 0. The van der Waals surface area contributed by atoms with Crippen molar-refractivity contribution in [2.75, 3.05) is 6.54 Å². The third-order valence-electron chi connectivity index (χ3n) is 4.05. The molecule has 1 amide bonds. The second kappa shape index (κ2) is 5.55. The van der Waals surface area contributed by atoms with Gasteiger partial charge in [0.1, 0.15) is 0 Å². The Morgan fingerprint density at radius 2 is 2.24 bits per heavy atom. The van der Waals surface area contributed by atoms with Gasteiger partial charge < -0.3 is 15.4 Å². The van der Waals surface area contributed by atoms with Crippen molar-refractivity contribution < 1.29 is 9.53 Å². The molecular formula is C12H21ClN2O2. The van der Waals surface area contributed by atoms with Crippen LogP contribution in [0, 0.1) is 0 Å². The van der Waals surface area contributed by atoms with Gasteiger partial charge in [-0.3, -0.25) is 4.79 Å². The molecule has 0 radical (unpaired) electrons. The second-order valence-corrected chi connectivity index (χ2v) is 5.28. The van der Waals surface area contributed by atoms with Crippen LogP contribution >= 0.6 is 12.4 Å². The van der Waals surface area contributed by atoms with Crippen LogP contribution in [0.5, 0.6) is 0 Å². The second-order valence-electron chi connectivity index (χ2n) is 5.28. The van der Waals surface area contributed by atoms with E-state index in [1.807, 2.05) is 0 Å². The van der Waals surface area contributed by atoms with Gasteiger partial charge in [0.05, 0.1) is 18.2 Å². The molecule has 2 N–H and O–H groups in total. The molecule has 3 aliphatic heterocycles. The molecule has 4 atom stereocenters. The lowest BCUT2D eigenvalue weighted by atomic mass is 9.95. The highest BCUT2D eigenvalue weighted by Gasteiger charge is 2.41. The highest BCUT2D eigenvalue weighted by Crippen LogP contribution is 2.34. The number of hydrogen-bond donors (Lipinski definition) is 2. The zero-order valence-electron chi connectivity index (χ0n) is 9.98. The molecule has 0 spiro atoms. The first kappa shape index (κ1) is 13.1. The fourth-order valence-corrected chi connectivity index (χ4v) is 3.21. The van der Waals surface area contributed by atoms with Gasteiger partial charge in [0, 0.05) is 12.5 Å². The summed E-state index contributed by atoms with van der Waals surface area (Å²) in [6, 6.07) is 0.687. The number of ether oxygens (including phenoxy) is 1. The van der Waals surface area contributed by atoms with Crippen LogP contribution in [0.2, 0.25) is 0 Å². The lowest BCUT2D eigenvalue weighted by Gasteiger charge is -2.21. The number of amides is 1. The van der Waals surface area contributed by atoms with E-state index in [0.29, 0.717) is 24.7 Å². The molecule has 3 fully saturated rings. The first-order chi connectivity index (χ1) is 7.81. The Balaban J connectivity index is 0.00000108. The van der Waals surface area contributed by atoms with E-state index in [-0.39, 0.29) is 24.4 Å². The van der Waals surface area contributed by atoms with Crippen molar-refractivity contribution in [3.05, 3.63) is 0 Å². The SMILES string of the molecule is Cl.O=C(CC1CCCN1)NC1CC2CCC1O2. The summed E-state index contributed by atoms with van der Waals surface area (Å²) in [6.07, 6.45) is 7.02. The van der Waals surface area contributed by atoms with Crippen molar-refractivity contribution in [1.29, 1.82) is 0 Å². The Morgan fingerprint density at radius 3 is 2.82 bits per heavy atom. The molecule has 4 nitrogen and oxygen atoms in total. The number of carbonyl (C=O) groups excluding carboxylic acids is 1. The third-order valence-corrected chi connectivity index (χ3v) is 4.05. The average Bonchev–Trinajstić information content (AvgIpc) is 2.92. The quantitative estimate of drug-likeness (QED) is 0.796. The van der Waals surface area contributed by atoms with Crippen LogP contribution in [0.3, 0.4) is 0 Å². The molecule has 0 saturated carbocycles. The predicted octanol–water partition coefficient (Wildman–Crippen LogP) is 0.986. The summed E-state index contributed by atoms with van der Waals surface area (Å²) in [6.45, 7) is 1.06. The summed E-state index contributed by atoms with van der Waals surface area (Å²) in [5.41, 5.74) is 0. The zero-order valence-corrected chi connectivity index (χ0v) is 10.8. The van der Waals surface area contributed by atoms with Gasteiger partial charge >= 0.3 is 0 Å². The van der Waals surface area contributed by atoms with Crippen LogP contribution in [-0.4, -0.2) is 36.7 Å². The Morgan fingerprint density at radius 1 is 1.35 bits per heavy atom. The van der Waals surface area contributed by atoms with Crippen LogP contribution in [0.15, 0.2) is 0 Å². The van der Waals surface area contributed by atoms with Crippen molar-refractivity contribution >= 4 is 18.3 Å². The molecule has 3 saturated heterocycles. The smallest absolute Gasteiger partial charge is 0.221 e. The average molecular weight is 261 g/mol. The molecule has 17 heavy (non-hydrogen) atoms. The van der Waals surface area contributed by atoms with Crippen LogP contribution in [-0.2, 0) is 9.53 Å². The van der Waals surface area contributed by atoms with Gasteiger partial charge in [0.25, 0.3) is 0 Å². The minimum atomic E-state index is 0. The highest BCUT2D eigenvalue weighted by molar-refractivity contribution is 5.85. The van der Waals surface area contributed by atoms with E-state index in [2.05, 4.69) is 10.6 Å². The van der Waals surface area contributed by atoms with Crippen LogP contribution in [0.4, 0.5) is 0 Å². The fraction of sp³-hybridized carbons (Fsp3) is 0.917. The number of rotatable bonds is 3. The molecule has 3 aliphatic rings. The zero-order chi connectivity index (χ0) is 11.0. The number of halogens is 1. The maximum Gasteiger partial charge on any atom is 0.221 e. The van der Waals surface area contributed by atoms with Crippen molar-refractivity contribution in [2.24, 2.45) is 0 Å². The van der Waals surface area contributed by atoms with Gasteiger partial charge in [0.15, 0.2) is 0 Å². The van der Waals surface area contributed by atoms with Gasteiger partial charge in [-0.2, -0.15) is 0 Å². The van der Waals surface area contributed by atoms with Crippen molar-refractivity contribution in [2.45, 2.75) is 62.8 Å². The molecular weight excluding hydrogens is 240 g/mol. The number of fused-ring (bicyclic) bond motifs is 2. The van der Waals surface area contributed by atoms with Gasteiger partial charge in [0.2, 0.25) is 5.91 Å². The maximum absolute atomic E-state index is 11.8. The molecule has 4 unspecified atom stereocenters. The molecule has 5 heteroatoms. The molecule has 2 bridgehead atoms. The van der Waals surface area contributed by atoms with E-state index in [9.17, 15) is 4.79 Å². The molecule has 98 valence electrons. The summed E-state index contributed by atoms with van der Waals surface area (Å²) in [4.78, 5) is 11.8. The third kappa shape index (κ3) is 2.92. The summed E-state index contributed by atoms with van der Waals surface area (Å²) in [5.74, 6) is 0.195. The molecule has 0 aromatic rings. The molecule has 0 aromatic carbocycles. The Bertz CT molecular complexity index is 282. The van der Waals surface area contributed by atoms with E-state index >= 15 is 0 Å². The highest BCUT2D eigenvalue weighted by atomic mass is 35.5. The lowest BCUT2D eigenvalue weighted by Crippen LogP contribution is -2.43. The Hall–Kier alpha value is -0.320. The Kier molecular flexibility index (Phi) is 4.28. The van der Waals surface area contributed by atoms with Gasteiger partial charge in [-0.15, -0.1) is 12.4 Å². The van der Waals surface area contributed by atoms with Crippen LogP contribution < -0.4 is 10.6 Å². The minimum Gasteiger partial charge on any atom is -0.373 e. The summed E-state index contributed by atoms with van der Waals surface area (Å²) < 4.78 is 5.73. The van der Waals surface area contributed by atoms with Gasteiger partial charge in [-0.1, -0.05) is 0 Å². The molecule has 0 aromatic heterocycles. The monoisotopic (exact) mass is 260 g/mol. The number of hydrogen-bond acceptors (Lipinski definition) is 3. The van der Waals surface area contributed by atoms with E-state index in [1.54, 1.807) is 0 Å². The van der Waals surface area contributed by atoms with Crippen LogP contribution in [0.25, 0.3) is 0 Å². The largest absolute Gasteiger partial charge is 0.373 e. The van der Waals surface area contributed by atoms with E-state index < -0.39 is 0 Å². The lowest BCUT2D eigenvalue weighted by molar-refractivity contribution is -0.122. The maximum atomic E-state index is 11.8. The van der Waals surface area contributed by atoms with Crippen molar-refractivity contribution in [3.63, 3.8) is 0 Å². The van der Waals surface area contributed by atoms with E-state index in [4.69, 9.17) is 4.74 Å². The van der Waals surface area contributed by atoms with Gasteiger partial charge in [-0.05, 0) is 38.6 Å². The molecule has 3 rings (SSSR count). The van der Waals surface area contributed by atoms with Gasteiger partial charge in [-0.25, -0.2) is 0 Å². The molecule has 3 heterocycles. The first-order valence-corrected chi connectivity index (χ1v) is 6.49. The molecule has 0 aliphatic carbocycles. The number of carbonyl (C=O) groups is 1. The normalized spacial score (nSPS) is 39.1. The van der Waals surface area contributed by atoms with Crippen molar-refractivity contribution in [1.82, 2.24) is 10.6 Å². The van der Waals surface area contributed by atoms with E-state index in [1.165, 1.54) is 12.8 Å². The first-order valence-electron chi connectivity index (χ1n) is 6.49.